The van der Waals surface area contributed by atoms with E-state index in [0.717, 1.165) is 17.1 Å². The molecular weight excluding hydrogens is 362 g/mol. The highest BCUT2D eigenvalue weighted by molar-refractivity contribution is 7.80. The summed E-state index contributed by atoms with van der Waals surface area (Å²) in [5.74, 6) is 0. The molecule has 4 rings (SSSR count). The van der Waals surface area contributed by atoms with Gasteiger partial charge in [-0.3, -0.25) is 15.1 Å². The maximum absolute atomic E-state index is 10.9. The lowest BCUT2D eigenvalue weighted by Crippen LogP contribution is -2.25. The zero-order chi connectivity index (χ0) is 19.0. The standard InChI is InChI=1S/C19H17N5O2S/c1-22-18(17(21-19(22)27)15-5-2-3-11-20-15)16-6-4-12-23(16)13-7-9-14(10-8-13)24(25)26/h2-12,17-18H,1H3,(H,21,27)/t17-,18-/m0/s1. The number of nitrogens with one attached hydrogen (secondary N) is 1. The zero-order valence-corrected chi connectivity index (χ0v) is 15.3. The van der Waals surface area contributed by atoms with Gasteiger partial charge in [0.15, 0.2) is 5.11 Å². The molecule has 0 saturated carbocycles. The van der Waals surface area contributed by atoms with Gasteiger partial charge in [0, 0.05) is 43.0 Å². The summed E-state index contributed by atoms with van der Waals surface area (Å²) in [5.41, 5.74) is 2.85. The Morgan fingerprint density at radius 2 is 1.93 bits per heavy atom. The van der Waals surface area contributed by atoms with E-state index >= 15 is 0 Å². The largest absolute Gasteiger partial charge is 0.352 e. The number of rotatable bonds is 4. The van der Waals surface area contributed by atoms with Gasteiger partial charge in [0.1, 0.15) is 0 Å². The number of hydrogen-bond donors (Lipinski definition) is 1. The lowest BCUT2D eigenvalue weighted by atomic mass is 10.0. The molecule has 2 aromatic heterocycles. The molecule has 0 aliphatic carbocycles. The van der Waals surface area contributed by atoms with Gasteiger partial charge in [-0.2, -0.15) is 0 Å². The van der Waals surface area contributed by atoms with Crippen molar-refractivity contribution >= 4 is 23.0 Å². The maximum atomic E-state index is 10.9. The van der Waals surface area contributed by atoms with Gasteiger partial charge in [0.2, 0.25) is 0 Å². The van der Waals surface area contributed by atoms with Crippen molar-refractivity contribution in [2.75, 3.05) is 7.05 Å². The van der Waals surface area contributed by atoms with Gasteiger partial charge >= 0.3 is 0 Å². The first kappa shape index (κ1) is 17.2. The molecule has 0 amide bonds. The van der Waals surface area contributed by atoms with Crippen LogP contribution in [0.4, 0.5) is 5.69 Å². The summed E-state index contributed by atoms with van der Waals surface area (Å²) in [6, 6.07) is 16.2. The zero-order valence-electron chi connectivity index (χ0n) is 14.5. The molecule has 3 heterocycles. The average Bonchev–Trinajstić information content (AvgIpc) is 3.27. The number of pyridine rings is 1. The van der Waals surface area contributed by atoms with Crippen molar-refractivity contribution in [2.24, 2.45) is 0 Å². The third-order valence-corrected chi connectivity index (χ3v) is 5.17. The normalized spacial score (nSPS) is 19.1. The van der Waals surface area contributed by atoms with Crippen LogP contribution in [0.25, 0.3) is 5.69 Å². The molecule has 27 heavy (non-hydrogen) atoms. The Morgan fingerprint density at radius 1 is 1.15 bits per heavy atom. The van der Waals surface area contributed by atoms with Crippen LogP contribution in [0.15, 0.2) is 67.0 Å². The summed E-state index contributed by atoms with van der Waals surface area (Å²) in [6.07, 6.45) is 3.71. The Balaban J connectivity index is 1.75. The van der Waals surface area contributed by atoms with E-state index in [4.69, 9.17) is 12.2 Å². The van der Waals surface area contributed by atoms with Gasteiger partial charge in [-0.1, -0.05) is 6.07 Å². The molecule has 136 valence electrons. The predicted molar refractivity (Wildman–Crippen MR) is 106 cm³/mol. The smallest absolute Gasteiger partial charge is 0.269 e. The van der Waals surface area contributed by atoms with E-state index in [1.807, 2.05) is 53.0 Å². The number of hydrogen-bond acceptors (Lipinski definition) is 4. The van der Waals surface area contributed by atoms with Gasteiger partial charge in [0.05, 0.1) is 22.7 Å². The van der Waals surface area contributed by atoms with Crippen LogP contribution in [0.3, 0.4) is 0 Å². The highest BCUT2D eigenvalue weighted by Crippen LogP contribution is 2.38. The molecule has 1 aliphatic rings. The molecule has 0 unspecified atom stereocenters. The molecule has 8 heteroatoms. The van der Waals surface area contributed by atoms with Crippen LogP contribution in [0, 0.1) is 10.1 Å². The van der Waals surface area contributed by atoms with Crippen molar-refractivity contribution in [2.45, 2.75) is 12.1 Å². The van der Waals surface area contributed by atoms with Crippen molar-refractivity contribution < 1.29 is 4.92 Å². The van der Waals surface area contributed by atoms with E-state index in [0.29, 0.717) is 5.11 Å². The van der Waals surface area contributed by atoms with E-state index in [-0.39, 0.29) is 17.8 Å². The Morgan fingerprint density at radius 3 is 2.59 bits per heavy atom. The topological polar surface area (TPSA) is 76.2 Å². The average molecular weight is 379 g/mol. The number of benzene rings is 1. The lowest BCUT2D eigenvalue weighted by Gasteiger charge is -2.25. The summed E-state index contributed by atoms with van der Waals surface area (Å²) in [6.45, 7) is 0. The Bertz CT molecular complexity index is 987. The molecule has 7 nitrogen and oxygen atoms in total. The van der Waals surface area contributed by atoms with E-state index in [1.54, 1.807) is 18.3 Å². The van der Waals surface area contributed by atoms with Crippen molar-refractivity contribution in [3.05, 3.63) is 88.5 Å². The molecule has 1 N–H and O–H groups in total. The van der Waals surface area contributed by atoms with Crippen LogP contribution in [-0.2, 0) is 0 Å². The lowest BCUT2D eigenvalue weighted by molar-refractivity contribution is -0.384. The molecule has 0 spiro atoms. The Kier molecular flexibility index (Phi) is 4.33. The molecule has 0 radical (unpaired) electrons. The third-order valence-electron chi connectivity index (χ3n) is 4.76. The van der Waals surface area contributed by atoms with Crippen LogP contribution in [0.2, 0.25) is 0 Å². The number of thiocarbonyl (C=S) groups is 1. The maximum Gasteiger partial charge on any atom is 0.269 e. The fraction of sp³-hybridized carbons (Fsp3) is 0.158. The Labute approximate surface area is 161 Å². The number of aromatic nitrogens is 2. The molecule has 3 aromatic rings. The van der Waals surface area contributed by atoms with Crippen LogP contribution in [0.1, 0.15) is 23.5 Å². The minimum absolute atomic E-state index is 0.0578. The summed E-state index contributed by atoms with van der Waals surface area (Å²) in [5, 5.41) is 14.9. The summed E-state index contributed by atoms with van der Waals surface area (Å²) in [4.78, 5) is 17.0. The van der Waals surface area contributed by atoms with Gasteiger partial charge in [-0.15, -0.1) is 0 Å². The van der Waals surface area contributed by atoms with Crippen molar-refractivity contribution in [3.63, 3.8) is 0 Å². The highest BCUT2D eigenvalue weighted by atomic mass is 32.1. The second-order valence-electron chi connectivity index (χ2n) is 6.31. The van der Waals surface area contributed by atoms with E-state index in [2.05, 4.69) is 10.3 Å². The van der Waals surface area contributed by atoms with E-state index in [9.17, 15) is 10.1 Å². The minimum Gasteiger partial charge on any atom is -0.352 e. The third kappa shape index (κ3) is 3.04. The summed E-state index contributed by atoms with van der Waals surface area (Å²) >= 11 is 5.48. The fourth-order valence-electron chi connectivity index (χ4n) is 3.43. The van der Waals surface area contributed by atoms with E-state index < -0.39 is 4.92 Å². The summed E-state index contributed by atoms with van der Waals surface area (Å²) < 4.78 is 2.02. The molecule has 1 fully saturated rings. The molecule has 2 atom stereocenters. The minimum atomic E-state index is -0.398. The second kappa shape index (κ2) is 6.81. The first-order valence-electron chi connectivity index (χ1n) is 8.42. The van der Waals surface area contributed by atoms with Crippen molar-refractivity contribution in [1.29, 1.82) is 0 Å². The van der Waals surface area contributed by atoms with Crippen molar-refractivity contribution in [3.8, 4) is 5.69 Å². The first-order valence-corrected chi connectivity index (χ1v) is 8.83. The van der Waals surface area contributed by atoms with Crippen LogP contribution in [-0.4, -0.2) is 31.5 Å². The molecule has 1 aliphatic heterocycles. The van der Waals surface area contributed by atoms with Gasteiger partial charge in [-0.25, -0.2) is 0 Å². The van der Waals surface area contributed by atoms with Gasteiger partial charge in [0.25, 0.3) is 5.69 Å². The van der Waals surface area contributed by atoms with Gasteiger partial charge in [-0.05, 0) is 48.6 Å². The molecular formula is C19H17N5O2S. The number of non-ortho nitro benzene ring substituents is 1. The second-order valence-corrected chi connectivity index (χ2v) is 6.70. The first-order chi connectivity index (χ1) is 13.1. The molecule has 1 aromatic carbocycles. The number of nitro benzene ring substituents is 1. The number of nitro groups is 1. The quantitative estimate of drug-likeness (QED) is 0.425. The number of nitrogens with zero attached hydrogens (tertiary/aromatic N) is 4. The summed E-state index contributed by atoms with van der Waals surface area (Å²) in [7, 11) is 1.95. The molecule has 1 saturated heterocycles. The van der Waals surface area contributed by atoms with Crippen LogP contribution in [0.5, 0.6) is 0 Å². The predicted octanol–water partition coefficient (Wildman–Crippen LogP) is 3.38. The SMILES string of the molecule is CN1C(=S)N[C@@H](c2ccccn2)[C@@H]1c1cccn1-c1ccc([N+](=O)[O-])cc1. The van der Waals surface area contributed by atoms with Crippen LogP contribution < -0.4 is 5.32 Å². The highest BCUT2D eigenvalue weighted by Gasteiger charge is 2.39. The monoisotopic (exact) mass is 379 g/mol. The van der Waals surface area contributed by atoms with Crippen molar-refractivity contribution in [1.82, 2.24) is 19.8 Å². The number of likely N-dealkylation sites (N-methyl/N-ethyl adjacent to an activating group) is 1. The molecule has 0 bridgehead atoms. The Hall–Kier alpha value is -3.26. The van der Waals surface area contributed by atoms with Gasteiger partial charge < -0.3 is 14.8 Å². The van der Waals surface area contributed by atoms with Crippen LogP contribution >= 0.6 is 12.2 Å². The van der Waals surface area contributed by atoms with E-state index in [1.165, 1.54) is 12.1 Å². The fourth-order valence-corrected chi connectivity index (χ4v) is 3.67.